The zero-order valence-corrected chi connectivity index (χ0v) is 16.2. The summed E-state index contributed by atoms with van der Waals surface area (Å²) in [6, 6.07) is 9.64. The van der Waals surface area contributed by atoms with Crippen molar-refractivity contribution in [2.45, 2.75) is 49.8 Å². The normalized spacial score (nSPS) is 28.6. The summed E-state index contributed by atoms with van der Waals surface area (Å²) < 4.78 is 5.57. The third kappa shape index (κ3) is 3.91. The lowest BCUT2D eigenvalue weighted by Gasteiger charge is -2.42. The molecule has 2 heterocycles. The predicted octanol–water partition coefficient (Wildman–Crippen LogP) is 2.90. The van der Waals surface area contributed by atoms with Crippen LogP contribution in [-0.4, -0.2) is 51.6 Å². The average molecular weight is 445 g/mol. The third-order valence-corrected chi connectivity index (χ3v) is 5.10. The van der Waals surface area contributed by atoms with E-state index in [1.54, 1.807) is 0 Å². The van der Waals surface area contributed by atoms with Crippen LogP contribution in [0.25, 0.3) is 0 Å². The number of hydrogen-bond donors (Lipinski definition) is 1. The Morgan fingerprint density at radius 3 is 2.62 bits per heavy atom. The largest absolute Gasteiger partial charge is 0.480 e. The number of rotatable bonds is 4. The van der Waals surface area contributed by atoms with Crippen LogP contribution in [-0.2, 0) is 20.7 Å². The highest BCUT2D eigenvalue weighted by molar-refractivity contribution is 14.1. The maximum absolute atomic E-state index is 12.1. The number of carboxylic acid groups (broad SMARTS) is 1. The molecule has 0 radical (unpaired) electrons. The summed E-state index contributed by atoms with van der Waals surface area (Å²) in [6.45, 7) is 0. The molecule has 2 saturated heterocycles. The molecular formula is C18H24INO4. The second-order valence-corrected chi connectivity index (χ2v) is 6.35. The van der Waals surface area contributed by atoms with Crippen molar-refractivity contribution in [1.29, 1.82) is 0 Å². The summed E-state index contributed by atoms with van der Waals surface area (Å²) in [5, 5.41) is 9.59. The Bertz CT molecular complexity index is 580. The van der Waals surface area contributed by atoms with Crippen molar-refractivity contribution in [2.24, 2.45) is 0 Å². The molecule has 1 N–H and O–H groups in total. The Morgan fingerprint density at radius 2 is 2.00 bits per heavy atom. The molecule has 3 unspecified atom stereocenters. The number of carbonyl (C=O) groups excluding carboxylic acids is 1. The minimum absolute atomic E-state index is 0.194. The SMILES string of the molecule is CI.CN1C2CCC1(C(=O)O)CC(OC(=O)Cc1ccccc1)C2. The first kappa shape index (κ1) is 19.2. The van der Waals surface area contributed by atoms with E-state index in [4.69, 9.17) is 4.74 Å². The molecule has 3 atom stereocenters. The van der Waals surface area contributed by atoms with Crippen molar-refractivity contribution >= 4 is 34.5 Å². The zero-order valence-electron chi connectivity index (χ0n) is 14.1. The van der Waals surface area contributed by atoms with E-state index < -0.39 is 11.5 Å². The topological polar surface area (TPSA) is 66.8 Å². The molecule has 2 fully saturated rings. The Hall–Kier alpha value is -1.15. The highest BCUT2D eigenvalue weighted by atomic mass is 127. The summed E-state index contributed by atoms with van der Waals surface area (Å²) in [6.07, 6.45) is 2.54. The van der Waals surface area contributed by atoms with Crippen LogP contribution in [0.4, 0.5) is 0 Å². The Morgan fingerprint density at radius 1 is 1.33 bits per heavy atom. The summed E-state index contributed by atoms with van der Waals surface area (Å²) in [4.78, 5) is 27.7. The number of benzene rings is 1. The van der Waals surface area contributed by atoms with Gasteiger partial charge in [0, 0.05) is 18.9 Å². The molecule has 0 amide bonds. The lowest BCUT2D eigenvalue weighted by Crippen LogP contribution is -2.57. The van der Waals surface area contributed by atoms with Crippen LogP contribution in [0.5, 0.6) is 0 Å². The Kier molecular flexibility index (Phi) is 6.62. The quantitative estimate of drug-likeness (QED) is 0.439. The number of alkyl halides is 1. The van der Waals surface area contributed by atoms with Crippen molar-refractivity contribution in [3.63, 3.8) is 0 Å². The Balaban J connectivity index is 0.00000100. The fraction of sp³-hybridized carbons (Fsp3) is 0.556. The number of piperidine rings is 1. The van der Waals surface area contributed by atoms with Gasteiger partial charge in [-0.1, -0.05) is 52.9 Å². The molecular weight excluding hydrogens is 421 g/mol. The maximum atomic E-state index is 12.1. The van der Waals surface area contributed by atoms with Gasteiger partial charge in [0.05, 0.1) is 6.42 Å². The van der Waals surface area contributed by atoms with Gasteiger partial charge in [-0.25, -0.2) is 0 Å². The molecule has 0 saturated carbocycles. The van der Waals surface area contributed by atoms with Crippen LogP contribution < -0.4 is 0 Å². The molecule has 5 nitrogen and oxygen atoms in total. The highest BCUT2D eigenvalue weighted by Crippen LogP contribution is 2.44. The fourth-order valence-electron chi connectivity index (χ4n) is 3.84. The van der Waals surface area contributed by atoms with Crippen LogP contribution in [0.15, 0.2) is 30.3 Å². The van der Waals surface area contributed by atoms with Crippen LogP contribution >= 0.6 is 22.6 Å². The lowest BCUT2D eigenvalue weighted by atomic mass is 9.87. The predicted molar refractivity (Wildman–Crippen MR) is 100 cm³/mol. The van der Waals surface area contributed by atoms with E-state index in [-0.39, 0.29) is 24.5 Å². The first-order valence-corrected chi connectivity index (χ1v) is 10.2. The standard InChI is InChI=1S/C17H21NO4.CH3I/c1-18-13-7-8-17(18,16(20)21)11-14(10-13)22-15(19)9-12-5-3-2-4-6-12;1-2/h2-6,13-14H,7-11H2,1H3,(H,20,21);1H3. The molecule has 1 aromatic carbocycles. The second-order valence-electron chi connectivity index (χ2n) is 6.35. The monoisotopic (exact) mass is 445 g/mol. The van der Waals surface area contributed by atoms with Gasteiger partial charge in [0.1, 0.15) is 11.6 Å². The fourth-order valence-corrected chi connectivity index (χ4v) is 3.84. The minimum Gasteiger partial charge on any atom is -0.480 e. The molecule has 2 bridgehead atoms. The Labute approximate surface area is 156 Å². The van der Waals surface area contributed by atoms with Crippen molar-refractivity contribution in [3.8, 4) is 0 Å². The van der Waals surface area contributed by atoms with Crippen LogP contribution in [0.2, 0.25) is 0 Å². The minimum atomic E-state index is -0.861. The second kappa shape index (κ2) is 8.29. The molecule has 0 spiro atoms. The van der Waals surface area contributed by atoms with Gasteiger partial charge < -0.3 is 9.84 Å². The maximum Gasteiger partial charge on any atom is 0.324 e. The van der Waals surface area contributed by atoms with Gasteiger partial charge in [0.15, 0.2) is 0 Å². The van der Waals surface area contributed by atoms with Crippen molar-refractivity contribution in [2.75, 3.05) is 12.0 Å². The molecule has 6 heteroatoms. The molecule has 2 aliphatic rings. The van der Waals surface area contributed by atoms with Crippen LogP contribution in [0.1, 0.15) is 31.2 Å². The molecule has 132 valence electrons. The molecule has 0 aliphatic carbocycles. The number of halogens is 1. The number of hydrogen-bond acceptors (Lipinski definition) is 4. The number of esters is 1. The van der Waals surface area contributed by atoms with E-state index in [0.29, 0.717) is 12.8 Å². The number of likely N-dealkylation sites (N-methyl/N-ethyl adjacent to an activating group) is 1. The van der Waals surface area contributed by atoms with Gasteiger partial charge in [0.25, 0.3) is 0 Å². The molecule has 1 aromatic rings. The highest BCUT2D eigenvalue weighted by Gasteiger charge is 2.55. The number of fused-ring (bicyclic) bond motifs is 2. The van der Waals surface area contributed by atoms with Gasteiger partial charge in [-0.15, -0.1) is 0 Å². The summed E-state index contributed by atoms with van der Waals surface area (Å²) in [7, 11) is 1.87. The van der Waals surface area contributed by atoms with Crippen LogP contribution in [0, 0.1) is 0 Å². The van der Waals surface area contributed by atoms with Crippen molar-refractivity contribution in [3.05, 3.63) is 35.9 Å². The van der Waals surface area contributed by atoms with Crippen LogP contribution in [0.3, 0.4) is 0 Å². The summed E-state index contributed by atoms with van der Waals surface area (Å²) in [5.74, 6) is -1.08. The molecule has 2 aliphatic heterocycles. The van der Waals surface area contributed by atoms with E-state index in [9.17, 15) is 14.7 Å². The number of carbonyl (C=O) groups is 2. The lowest BCUT2D eigenvalue weighted by molar-refractivity contribution is -0.164. The van der Waals surface area contributed by atoms with Gasteiger partial charge >= 0.3 is 11.9 Å². The number of ether oxygens (including phenoxy) is 1. The van der Waals surface area contributed by atoms with E-state index in [1.807, 2.05) is 47.2 Å². The first-order chi connectivity index (χ1) is 11.5. The average Bonchev–Trinajstić information content (AvgIpc) is 2.77. The molecule has 24 heavy (non-hydrogen) atoms. The smallest absolute Gasteiger partial charge is 0.324 e. The molecule has 3 rings (SSSR count). The number of nitrogens with zero attached hydrogens (tertiary/aromatic N) is 1. The van der Waals surface area contributed by atoms with Gasteiger partial charge in [-0.05, 0) is 30.4 Å². The van der Waals surface area contributed by atoms with Gasteiger partial charge in [-0.3, -0.25) is 14.5 Å². The number of carboxylic acids is 1. The van der Waals surface area contributed by atoms with Crippen molar-refractivity contribution in [1.82, 2.24) is 4.90 Å². The third-order valence-electron chi connectivity index (χ3n) is 5.10. The first-order valence-electron chi connectivity index (χ1n) is 8.09. The number of aliphatic carboxylic acids is 1. The van der Waals surface area contributed by atoms with Gasteiger partial charge in [-0.2, -0.15) is 0 Å². The van der Waals surface area contributed by atoms with Gasteiger partial charge in [0.2, 0.25) is 0 Å². The van der Waals surface area contributed by atoms with E-state index in [0.717, 1.165) is 18.4 Å². The summed E-state index contributed by atoms with van der Waals surface area (Å²) >= 11 is 2.15. The van der Waals surface area contributed by atoms with E-state index in [1.165, 1.54) is 0 Å². The van der Waals surface area contributed by atoms with E-state index >= 15 is 0 Å². The van der Waals surface area contributed by atoms with E-state index in [2.05, 4.69) is 22.6 Å². The van der Waals surface area contributed by atoms with Crippen molar-refractivity contribution < 1.29 is 19.4 Å². The zero-order chi connectivity index (χ0) is 17.7. The molecule has 0 aromatic heterocycles. The summed E-state index contributed by atoms with van der Waals surface area (Å²) in [5.41, 5.74) is 0.0528.